The van der Waals surface area contributed by atoms with Gasteiger partial charge >= 0.3 is 6.29 Å². The molecule has 88 valence electrons. The topological polar surface area (TPSA) is 59.3 Å². The second kappa shape index (κ2) is 3.70. The summed E-state index contributed by atoms with van der Waals surface area (Å²) < 4.78 is 33.9. The van der Waals surface area contributed by atoms with E-state index in [0.717, 1.165) is 0 Å². The number of rotatable bonds is 2. The maximum Gasteiger partial charge on any atom is 0.586 e. The average Bonchev–Trinajstić information content (AvgIpc) is 2.51. The summed E-state index contributed by atoms with van der Waals surface area (Å²) >= 11 is 0. The van der Waals surface area contributed by atoms with Crippen LogP contribution in [0.5, 0.6) is 11.5 Å². The number of carbonyl (C=O) groups excluding carboxylic acids is 1. The number of ether oxygens (including phenoxy) is 2. The van der Waals surface area contributed by atoms with Crippen molar-refractivity contribution < 1.29 is 23.0 Å². The highest BCUT2D eigenvalue weighted by Crippen LogP contribution is 2.42. The van der Waals surface area contributed by atoms with E-state index >= 15 is 0 Å². The number of nitriles is 1. The molecule has 6 heteroatoms. The minimum absolute atomic E-state index is 0.112. The van der Waals surface area contributed by atoms with Crippen molar-refractivity contribution in [3.63, 3.8) is 0 Å². The quantitative estimate of drug-likeness (QED) is 0.793. The van der Waals surface area contributed by atoms with Crippen molar-refractivity contribution in [1.29, 1.82) is 5.26 Å². The molecular weight excluding hydrogens is 232 g/mol. The fraction of sp³-hybridized carbons (Fsp3) is 0.273. The van der Waals surface area contributed by atoms with Gasteiger partial charge in [-0.15, -0.1) is 8.78 Å². The molecule has 1 atom stereocenters. The van der Waals surface area contributed by atoms with Crippen LogP contribution in [0.2, 0.25) is 0 Å². The van der Waals surface area contributed by atoms with Crippen molar-refractivity contribution in [2.24, 2.45) is 0 Å². The van der Waals surface area contributed by atoms with E-state index in [-0.39, 0.29) is 17.3 Å². The van der Waals surface area contributed by atoms with Crippen molar-refractivity contribution in [2.75, 3.05) is 0 Å². The maximum absolute atomic E-state index is 12.7. The smallest absolute Gasteiger partial charge is 0.395 e. The lowest BCUT2D eigenvalue weighted by molar-refractivity contribution is -0.286. The molecule has 1 heterocycles. The van der Waals surface area contributed by atoms with Crippen LogP contribution in [0.25, 0.3) is 0 Å². The summed E-state index contributed by atoms with van der Waals surface area (Å²) in [5, 5.41) is 8.81. The monoisotopic (exact) mass is 239 g/mol. The summed E-state index contributed by atoms with van der Waals surface area (Å²) in [5.74, 6) is -1.63. The molecular formula is C11H7F2NO3. The zero-order valence-electron chi connectivity index (χ0n) is 8.74. The van der Waals surface area contributed by atoms with Gasteiger partial charge in [0.15, 0.2) is 17.3 Å². The normalized spacial score (nSPS) is 17.3. The molecule has 0 N–H and O–H groups in total. The second-order valence-electron chi connectivity index (χ2n) is 3.55. The van der Waals surface area contributed by atoms with Gasteiger partial charge in [0.25, 0.3) is 0 Å². The number of benzene rings is 1. The van der Waals surface area contributed by atoms with E-state index in [4.69, 9.17) is 5.26 Å². The van der Waals surface area contributed by atoms with Crippen LogP contribution in [0.15, 0.2) is 18.2 Å². The predicted molar refractivity (Wildman–Crippen MR) is 51.7 cm³/mol. The van der Waals surface area contributed by atoms with Gasteiger partial charge in [0, 0.05) is 0 Å². The molecule has 1 aliphatic heterocycles. The van der Waals surface area contributed by atoms with Crippen LogP contribution < -0.4 is 9.47 Å². The molecule has 4 nitrogen and oxygen atoms in total. The van der Waals surface area contributed by atoms with Crippen LogP contribution >= 0.6 is 0 Å². The van der Waals surface area contributed by atoms with Crippen LogP contribution in [0.1, 0.15) is 18.4 Å². The summed E-state index contributed by atoms with van der Waals surface area (Å²) in [6.07, 6.45) is -3.70. The number of Topliss-reactive ketones (excluding diaryl/α,β-unsaturated/α-hetero) is 1. The van der Waals surface area contributed by atoms with Gasteiger partial charge in [-0.3, -0.25) is 4.79 Å². The Hall–Kier alpha value is -2.16. The van der Waals surface area contributed by atoms with Gasteiger partial charge < -0.3 is 9.47 Å². The Bertz CT molecular complexity index is 522. The molecule has 1 aliphatic rings. The molecule has 0 amide bonds. The Kier molecular flexibility index (Phi) is 2.46. The summed E-state index contributed by atoms with van der Waals surface area (Å²) in [6.45, 7) is 1.26. The third kappa shape index (κ3) is 2.04. The molecule has 0 aliphatic carbocycles. The number of halogens is 2. The lowest BCUT2D eigenvalue weighted by Gasteiger charge is -2.05. The predicted octanol–water partition coefficient (Wildman–Crippen LogP) is 2.20. The fourth-order valence-electron chi connectivity index (χ4n) is 1.55. The van der Waals surface area contributed by atoms with Gasteiger partial charge in [-0.2, -0.15) is 5.26 Å². The molecule has 1 aromatic rings. The van der Waals surface area contributed by atoms with Crippen molar-refractivity contribution in [3.8, 4) is 17.6 Å². The summed E-state index contributed by atoms with van der Waals surface area (Å²) in [7, 11) is 0. The number of hydrogen-bond donors (Lipinski definition) is 0. The number of fused-ring (bicyclic) bond motifs is 1. The third-order valence-electron chi connectivity index (χ3n) is 2.29. The van der Waals surface area contributed by atoms with Crippen LogP contribution in [-0.2, 0) is 4.79 Å². The highest BCUT2D eigenvalue weighted by atomic mass is 19.3. The summed E-state index contributed by atoms with van der Waals surface area (Å²) in [5.41, 5.74) is 0.306. The van der Waals surface area contributed by atoms with Gasteiger partial charge in [0.2, 0.25) is 0 Å². The highest BCUT2D eigenvalue weighted by Gasteiger charge is 2.43. The SMILES string of the molecule is CC(=O)C(C#N)c1ccc2c(c1)OC(F)(F)O2. The maximum atomic E-state index is 12.7. The van der Waals surface area contributed by atoms with E-state index in [1.807, 2.05) is 0 Å². The Labute approximate surface area is 95.4 Å². The molecule has 17 heavy (non-hydrogen) atoms. The number of hydrogen-bond acceptors (Lipinski definition) is 4. The number of carbonyl (C=O) groups is 1. The van der Waals surface area contributed by atoms with Crippen molar-refractivity contribution >= 4 is 5.78 Å². The van der Waals surface area contributed by atoms with Gasteiger partial charge in [-0.1, -0.05) is 6.07 Å². The molecule has 1 unspecified atom stereocenters. The molecule has 0 spiro atoms. The molecule has 0 saturated carbocycles. The van der Waals surface area contributed by atoms with Gasteiger partial charge in [0.05, 0.1) is 6.07 Å². The zero-order chi connectivity index (χ0) is 12.6. The van der Waals surface area contributed by atoms with E-state index in [9.17, 15) is 13.6 Å². The van der Waals surface area contributed by atoms with Gasteiger partial charge in [0.1, 0.15) is 5.92 Å². The number of nitrogens with zero attached hydrogens (tertiary/aromatic N) is 1. The first-order valence-electron chi connectivity index (χ1n) is 4.73. The van der Waals surface area contributed by atoms with Crippen LogP contribution in [0.4, 0.5) is 8.78 Å². The van der Waals surface area contributed by atoms with Crippen molar-refractivity contribution in [2.45, 2.75) is 19.1 Å². The minimum Gasteiger partial charge on any atom is -0.395 e. The summed E-state index contributed by atoms with van der Waals surface area (Å²) in [6, 6.07) is 5.65. The first-order chi connectivity index (χ1) is 7.93. The van der Waals surface area contributed by atoms with E-state index in [2.05, 4.69) is 9.47 Å². The van der Waals surface area contributed by atoms with E-state index < -0.39 is 12.2 Å². The molecule has 0 fully saturated rings. The minimum atomic E-state index is -3.70. The van der Waals surface area contributed by atoms with Crippen molar-refractivity contribution in [1.82, 2.24) is 0 Å². The number of ketones is 1. The molecule has 0 saturated heterocycles. The third-order valence-corrected chi connectivity index (χ3v) is 2.29. The molecule has 2 rings (SSSR count). The molecule has 0 bridgehead atoms. The highest BCUT2D eigenvalue weighted by molar-refractivity contribution is 5.86. The van der Waals surface area contributed by atoms with Crippen LogP contribution in [0, 0.1) is 11.3 Å². The van der Waals surface area contributed by atoms with Crippen LogP contribution in [0.3, 0.4) is 0 Å². The lowest BCUT2D eigenvalue weighted by atomic mass is 9.97. The van der Waals surface area contributed by atoms with Crippen LogP contribution in [-0.4, -0.2) is 12.1 Å². The van der Waals surface area contributed by atoms with E-state index in [0.29, 0.717) is 5.56 Å². The molecule has 1 aromatic carbocycles. The Morgan fingerprint density at radius 3 is 2.65 bits per heavy atom. The molecule has 0 radical (unpaired) electrons. The number of alkyl halides is 2. The summed E-state index contributed by atoms with van der Waals surface area (Å²) in [4.78, 5) is 11.2. The second-order valence-corrected chi connectivity index (χ2v) is 3.55. The first-order valence-corrected chi connectivity index (χ1v) is 4.73. The fourth-order valence-corrected chi connectivity index (χ4v) is 1.55. The average molecular weight is 239 g/mol. The first kappa shape index (κ1) is 11.3. The lowest BCUT2D eigenvalue weighted by Crippen LogP contribution is -2.25. The Balaban J connectivity index is 2.37. The van der Waals surface area contributed by atoms with E-state index in [1.54, 1.807) is 6.07 Å². The molecule has 0 aromatic heterocycles. The Morgan fingerprint density at radius 2 is 2.06 bits per heavy atom. The standard InChI is InChI=1S/C11H7F2NO3/c1-6(15)8(5-14)7-2-3-9-10(4-7)17-11(12,13)16-9/h2-4,8H,1H3. The van der Waals surface area contributed by atoms with Gasteiger partial charge in [-0.05, 0) is 24.6 Å². The Morgan fingerprint density at radius 1 is 1.41 bits per heavy atom. The largest absolute Gasteiger partial charge is 0.586 e. The van der Waals surface area contributed by atoms with Crippen molar-refractivity contribution in [3.05, 3.63) is 23.8 Å². The zero-order valence-corrected chi connectivity index (χ0v) is 8.74. The van der Waals surface area contributed by atoms with E-state index in [1.165, 1.54) is 25.1 Å². The van der Waals surface area contributed by atoms with Gasteiger partial charge in [-0.25, -0.2) is 0 Å².